The first-order chi connectivity index (χ1) is 8.78. The van der Waals surface area contributed by atoms with E-state index in [0.717, 1.165) is 36.3 Å². The van der Waals surface area contributed by atoms with Crippen molar-refractivity contribution in [2.24, 2.45) is 0 Å². The second-order valence-electron chi connectivity index (χ2n) is 5.59. The van der Waals surface area contributed by atoms with E-state index in [9.17, 15) is 4.80 Å². The van der Waals surface area contributed by atoms with Gasteiger partial charge in [0, 0.05) is 6.55 Å². The minimum absolute atomic E-state index is 1.06. The summed E-state index contributed by atoms with van der Waals surface area (Å²) in [6.45, 7) is 15.0. The first kappa shape index (κ1) is 19.5. The Hall–Kier alpha value is 0.531. The smallest absolute Gasteiger partial charge is 0.416 e. The topological polar surface area (TPSA) is 38.7 Å². The maximum Gasteiger partial charge on any atom is 0.474 e. The van der Waals surface area contributed by atoms with Crippen molar-refractivity contribution in [1.82, 2.24) is 0 Å². The highest BCUT2D eigenvalue weighted by atomic mass is 28.5. The zero-order valence-corrected chi connectivity index (χ0v) is 17.0. The largest absolute Gasteiger partial charge is 0.474 e. The molecule has 0 saturated heterocycles. The van der Waals surface area contributed by atoms with Crippen LogP contribution in [-0.4, -0.2) is 30.2 Å². The lowest BCUT2D eigenvalue weighted by molar-refractivity contribution is 0.246. The SMILES string of the molecule is CC[Si](CC)(CC)O[Si](C)(O)O[Si](CC)(CC)CC. The molecule has 0 aliphatic carbocycles. The molecule has 19 heavy (non-hydrogen) atoms. The van der Waals surface area contributed by atoms with Crippen LogP contribution in [0.5, 0.6) is 0 Å². The summed E-state index contributed by atoms with van der Waals surface area (Å²) in [5, 5.41) is 0. The van der Waals surface area contributed by atoms with Gasteiger partial charge in [-0.1, -0.05) is 41.5 Å². The summed E-state index contributed by atoms with van der Waals surface area (Å²) in [5.74, 6) is 0. The monoisotopic (exact) mass is 322 g/mol. The summed E-state index contributed by atoms with van der Waals surface area (Å²) >= 11 is 0. The minimum atomic E-state index is -2.98. The standard InChI is InChI=1S/C13H34O3Si3/c1-8-18(9-2,10-3)15-17(7,14)16-19(11-4,12-5)13-6/h14H,8-13H2,1-7H3. The van der Waals surface area contributed by atoms with E-state index in [0.29, 0.717) is 0 Å². The van der Waals surface area contributed by atoms with Gasteiger partial charge >= 0.3 is 8.80 Å². The van der Waals surface area contributed by atoms with E-state index in [4.69, 9.17) is 8.23 Å². The zero-order chi connectivity index (χ0) is 15.2. The van der Waals surface area contributed by atoms with Crippen LogP contribution in [0.3, 0.4) is 0 Å². The third kappa shape index (κ3) is 5.43. The van der Waals surface area contributed by atoms with E-state index in [2.05, 4.69) is 41.5 Å². The summed E-state index contributed by atoms with van der Waals surface area (Å²) in [6.07, 6.45) is 0. The number of rotatable bonds is 10. The van der Waals surface area contributed by atoms with Gasteiger partial charge in [0.25, 0.3) is 0 Å². The van der Waals surface area contributed by atoms with Gasteiger partial charge in [-0.3, -0.25) is 0 Å². The van der Waals surface area contributed by atoms with Crippen LogP contribution >= 0.6 is 0 Å². The van der Waals surface area contributed by atoms with E-state index in [1.807, 2.05) is 6.55 Å². The average molecular weight is 323 g/mol. The Morgan fingerprint density at radius 2 is 0.842 bits per heavy atom. The first-order valence-electron chi connectivity index (χ1n) is 7.90. The third-order valence-electron chi connectivity index (χ3n) is 4.68. The van der Waals surface area contributed by atoms with Gasteiger partial charge in [0.05, 0.1) is 0 Å². The summed E-state index contributed by atoms with van der Waals surface area (Å²) < 4.78 is 12.6. The highest BCUT2D eigenvalue weighted by Crippen LogP contribution is 2.30. The lowest BCUT2D eigenvalue weighted by Crippen LogP contribution is -2.57. The number of hydrogen-bond donors (Lipinski definition) is 1. The maximum absolute atomic E-state index is 10.7. The van der Waals surface area contributed by atoms with Crippen molar-refractivity contribution in [3.8, 4) is 0 Å². The molecule has 1 N–H and O–H groups in total. The minimum Gasteiger partial charge on any atom is -0.416 e. The average Bonchev–Trinajstić information content (AvgIpc) is 2.42. The second kappa shape index (κ2) is 8.09. The summed E-state index contributed by atoms with van der Waals surface area (Å²) in [4.78, 5) is 10.7. The molecule has 0 spiro atoms. The lowest BCUT2D eigenvalue weighted by Gasteiger charge is -2.40. The van der Waals surface area contributed by atoms with E-state index in [1.54, 1.807) is 0 Å². The van der Waals surface area contributed by atoms with Gasteiger partial charge in [-0.25, -0.2) is 0 Å². The third-order valence-corrected chi connectivity index (χ3v) is 18.9. The Morgan fingerprint density at radius 1 is 0.632 bits per heavy atom. The lowest BCUT2D eigenvalue weighted by atomic mass is 10.9. The van der Waals surface area contributed by atoms with Crippen LogP contribution in [0.15, 0.2) is 0 Å². The molecule has 0 aromatic rings. The van der Waals surface area contributed by atoms with Crippen LogP contribution in [0, 0.1) is 0 Å². The fourth-order valence-corrected chi connectivity index (χ4v) is 16.2. The van der Waals surface area contributed by atoms with Gasteiger partial charge in [-0.15, -0.1) is 0 Å². The Bertz CT molecular complexity index is 211. The van der Waals surface area contributed by atoms with Crippen LogP contribution in [0.25, 0.3) is 0 Å². The molecule has 0 bridgehead atoms. The van der Waals surface area contributed by atoms with Crippen LogP contribution in [-0.2, 0) is 8.23 Å². The highest BCUT2D eigenvalue weighted by Gasteiger charge is 2.46. The van der Waals surface area contributed by atoms with Crippen LogP contribution in [0.2, 0.25) is 42.8 Å². The van der Waals surface area contributed by atoms with Crippen molar-refractivity contribution in [3.63, 3.8) is 0 Å². The number of hydrogen-bond acceptors (Lipinski definition) is 3. The normalized spacial score (nSPS) is 13.9. The molecule has 0 rings (SSSR count). The summed E-state index contributed by atoms with van der Waals surface area (Å²) in [7, 11) is -6.54. The summed E-state index contributed by atoms with van der Waals surface area (Å²) in [6, 6.07) is 6.37. The predicted molar refractivity (Wildman–Crippen MR) is 90.4 cm³/mol. The fraction of sp³-hybridized carbons (Fsp3) is 1.00. The molecule has 0 aliphatic heterocycles. The molecule has 0 fully saturated rings. The Kier molecular flexibility index (Phi) is 8.32. The Balaban J connectivity index is 4.96. The molecule has 116 valence electrons. The van der Waals surface area contributed by atoms with Crippen LogP contribution in [0.1, 0.15) is 41.5 Å². The van der Waals surface area contributed by atoms with Crippen LogP contribution < -0.4 is 0 Å². The van der Waals surface area contributed by atoms with Crippen molar-refractivity contribution in [3.05, 3.63) is 0 Å². The van der Waals surface area contributed by atoms with E-state index in [-0.39, 0.29) is 0 Å². The Labute approximate surface area is 123 Å². The molecular formula is C13H34O3Si3. The van der Waals surface area contributed by atoms with Gasteiger partial charge in [-0.05, 0) is 36.3 Å². The van der Waals surface area contributed by atoms with Gasteiger partial charge in [0.15, 0.2) is 16.6 Å². The van der Waals surface area contributed by atoms with Crippen molar-refractivity contribution < 1.29 is 13.0 Å². The molecule has 6 heteroatoms. The van der Waals surface area contributed by atoms with Gasteiger partial charge < -0.3 is 13.0 Å². The van der Waals surface area contributed by atoms with E-state index >= 15 is 0 Å². The van der Waals surface area contributed by atoms with Crippen LogP contribution in [0.4, 0.5) is 0 Å². The zero-order valence-electron chi connectivity index (χ0n) is 14.0. The van der Waals surface area contributed by atoms with Gasteiger partial charge in [-0.2, -0.15) is 0 Å². The van der Waals surface area contributed by atoms with Gasteiger partial charge in [0.1, 0.15) is 0 Å². The first-order valence-corrected chi connectivity index (χ1v) is 15.2. The molecule has 0 heterocycles. The maximum atomic E-state index is 10.7. The molecule has 0 radical (unpaired) electrons. The fourth-order valence-electron chi connectivity index (χ4n) is 2.76. The summed E-state index contributed by atoms with van der Waals surface area (Å²) in [5.41, 5.74) is 0. The van der Waals surface area contributed by atoms with Crippen molar-refractivity contribution in [2.75, 3.05) is 0 Å². The molecule has 0 unspecified atom stereocenters. The molecule has 0 saturated carbocycles. The quantitative estimate of drug-likeness (QED) is 0.598. The van der Waals surface area contributed by atoms with E-state index in [1.165, 1.54) is 0 Å². The molecular weight excluding hydrogens is 288 g/mol. The molecule has 0 aromatic carbocycles. The van der Waals surface area contributed by atoms with Gasteiger partial charge in [0.2, 0.25) is 0 Å². The predicted octanol–water partition coefficient (Wildman–Crippen LogP) is 4.59. The van der Waals surface area contributed by atoms with Crippen molar-refractivity contribution in [1.29, 1.82) is 0 Å². The molecule has 3 nitrogen and oxygen atoms in total. The molecule has 0 aliphatic rings. The molecule has 0 atom stereocenters. The highest BCUT2D eigenvalue weighted by molar-refractivity contribution is 6.87. The van der Waals surface area contributed by atoms with E-state index < -0.39 is 25.4 Å². The Morgan fingerprint density at radius 3 is 1.00 bits per heavy atom. The molecule has 0 aromatic heterocycles. The molecule has 0 amide bonds. The second-order valence-corrected chi connectivity index (χ2v) is 18.0. The van der Waals surface area contributed by atoms with Crippen molar-refractivity contribution >= 4 is 25.4 Å². The van der Waals surface area contributed by atoms with Crippen molar-refractivity contribution in [2.45, 2.75) is 84.4 Å².